The van der Waals surface area contributed by atoms with Gasteiger partial charge in [-0.25, -0.2) is 4.79 Å². The number of benzene rings is 2. The third-order valence-corrected chi connectivity index (χ3v) is 4.03. The largest absolute Gasteiger partial charge is 0.513 e. The normalized spacial score (nSPS) is 11.5. The minimum Gasteiger partial charge on any atom is -0.485 e. The number of hydrogen-bond donors (Lipinski definition) is 1. The molecule has 7 nitrogen and oxygen atoms in total. The molecule has 2 rings (SSSR count). The molecular weight excluding hydrogens is 442 g/mol. The standard InChI is InChI=1S/C22H24BF3NO6/c1-22(2,3)33-20(29)14-31-18-11-16(9-10-17(18)23(24,25)26)21(30)27-12-19(28)32-13-15-7-5-4-6-8-15/h4-11H,12-14H2,1-3H3,(H,27,30)/q-1. The highest BCUT2D eigenvalue weighted by atomic mass is 19.4. The van der Waals surface area contributed by atoms with Crippen LogP contribution >= 0.6 is 0 Å². The summed E-state index contributed by atoms with van der Waals surface area (Å²) < 4.78 is 55.1. The van der Waals surface area contributed by atoms with Crippen molar-refractivity contribution in [3.8, 4) is 5.75 Å². The number of ether oxygens (including phenoxy) is 3. The van der Waals surface area contributed by atoms with E-state index in [0.29, 0.717) is 6.07 Å². The van der Waals surface area contributed by atoms with Gasteiger partial charge in [-0.05, 0) is 32.4 Å². The Morgan fingerprint density at radius 2 is 1.64 bits per heavy atom. The van der Waals surface area contributed by atoms with Gasteiger partial charge in [0.05, 0.1) is 5.75 Å². The fourth-order valence-corrected chi connectivity index (χ4v) is 2.62. The van der Waals surface area contributed by atoms with Gasteiger partial charge in [0.15, 0.2) is 6.61 Å². The molecule has 0 radical (unpaired) electrons. The van der Waals surface area contributed by atoms with E-state index in [4.69, 9.17) is 14.2 Å². The monoisotopic (exact) mass is 466 g/mol. The minimum absolute atomic E-state index is 0.0144. The fraction of sp³-hybridized carbons (Fsp3) is 0.318. The number of amides is 1. The molecule has 0 bridgehead atoms. The molecule has 0 saturated heterocycles. The van der Waals surface area contributed by atoms with E-state index < -0.39 is 54.8 Å². The molecule has 33 heavy (non-hydrogen) atoms. The predicted molar refractivity (Wildman–Crippen MR) is 115 cm³/mol. The quantitative estimate of drug-likeness (QED) is 0.452. The van der Waals surface area contributed by atoms with Crippen molar-refractivity contribution in [2.75, 3.05) is 13.2 Å². The van der Waals surface area contributed by atoms with E-state index in [2.05, 4.69) is 5.32 Å². The number of rotatable bonds is 9. The second kappa shape index (κ2) is 10.9. The third-order valence-electron chi connectivity index (χ3n) is 4.03. The van der Waals surface area contributed by atoms with Crippen LogP contribution in [0.15, 0.2) is 48.5 Å². The van der Waals surface area contributed by atoms with Crippen LogP contribution in [0.1, 0.15) is 36.7 Å². The zero-order valence-electron chi connectivity index (χ0n) is 18.4. The van der Waals surface area contributed by atoms with Gasteiger partial charge in [-0.1, -0.05) is 47.9 Å². The van der Waals surface area contributed by atoms with Crippen LogP contribution in [0.3, 0.4) is 0 Å². The van der Waals surface area contributed by atoms with Gasteiger partial charge < -0.3 is 32.5 Å². The number of carbonyl (C=O) groups excluding carboxylic acids is 3. The van der Waals surface area contributed by atoms with Crippen LogP contribution in [-0.2, 0) is 25.7 Å². The summed E-state index contributed by atoms with van der Waals surface area (Å²) in [5.74, 6) is -3.08. The number of nitrogens with one attached hydrogen (secondary N) is 1. The molecule has 0 aliphatic rings. The first-order chi connectivity index (χ1) is 15.3. The molecule has 2 aromatic rings. The topological polar surface area (TPSA) is 90.9 Å². The van der Waals surface area contributed by atoms with Gasteiger partial charge in [0, 0.05) is 5.56 Å². The first kappa shape index (κ1) is 25.8. The maximum Gasteiger partial charge on any atom is 0.513 e. The van der Waals surface area contributed by atoms with E-state index in [9.17, 15) is 27.3 Å². The molecule has 0 aliphatic heterocycles. The number of hydrogen-bond acceptors (Lipinski definition) is 6. The molecule has 178 valence electrons. The van der Waals surface area contributed by atoms with Crippen molar-refractivity contribution in [2.24, 2.45) is 0 Å². The SMILES string of the molecule is CC(C)(C)OC(=O)COc1cc(C(=O)NCC(=O)OCc2ccccc2)ccc1[B-](F)(F)F. The lowest BCUT2D eigenvalue weighted by atomic mass is 9.79. The Labute approximate surface area is 189 Å². The summed E-state index contributed by atoms with van der Waals surface area (Å²) in [7, 11) is 0. The Morgan fingerprint density at radius 3 is 2.24 bits per heavy atom. The molecule has 0 atom stereocenters. The van der Waals surface area contributed by atoms with Crippen molar-refractivity contribution >= 4 is 30.3 Å². The molecular formula is C22H24BF3NO6-. The van der Waals surface area contributed by atoms with Gasteiger partial charge in [0.1, 0.15) is 18.8 Å². The molecule has 1 N–H and O–H groups in total. The zero-order chi connectivity index (χ0) is 24.6. The van der Waals surface area contributed by atoms with Gasteiger partial charge in [0.2, 0.25) is 0 Å². The highest BCUT2D eigenvalue weighted by Gasteiger charge is 2.30. The molecule has 0 spiro atoms. The summed E-state index contributed by atoms with van der Waals surface area (Å²) >= 11 is 0. The fourth-order valence-electron chi connectivity index (χ4n) is 2.62. The average Bonchev–Trinajstić information content (AvgIpc) is 2.73. The van der Waals surface area contributed by atoms with E-state index in [0.717, 1.165) is 17.7 Å². The first-order valence-corrected chi connectivity index (χ1v) is 10.0. The van der Waals surface area contributed by atoms with Crippen LogP contribution in [0.4, 0.5) is 12.9 Å². The zero-order valence-corrected chi connectivity index (χ0v) is 18.4. The van der Waals surface area contributed by atoms with Crippen molar-refractivity contribution in [2.45, 2.75) is 33.0 Å². The maximum atomic E-state index is 13.4. The van der Waals surface area contributed by atoms with Gasteiger partial charge in [0.25, 0.3) is 5.91 Å². The van der Waals surface area contributed by atoms with Gasteiger partial charge in [-0.3, -0.25) is 9.59 Å². The van der Waals surface area contributed by atoms with Crippen molar-refractivity contribution in [1.29, 1.82) is 0 Å². The van der Waals surface area contributed by atoms with Crippen molar-refractivity contribution in [3.05, 3.63) is 59.7 Å². The molecule has 0 fully saturated rings. The van der Waals surface area contributed by atoms with E-state index in [1.165, 1.54) is 0 Å². The molecule has 1 amide bonds. The van der Waals surface area contributed by atoms with Crippen molar-refractivity contribution < 1.29 is 41.5 Å². The smallest absolute Gasteiger partial charge is 0.485 e. The van der Waals surface area contributed by atoms with Gasteiger partial charge >= 0.3 is 18.9 Å². The maximum absolute atomic E-state index is 13.4. The highest BCUT2D eigenvalue weighted by Crippen LogP contribution is 2.20. The Kier molecular flexibility index (Phi) is 8.50. The third kappa shape index (κ3) is 8.87. The molecule has 0 unspecified atom stereocenters. The Morgan fingerprint density at radius 1 is 0.970 bits per heavy atom. The Hall–Kier alpha value is -3.50. The summed E-state index contributed by atoms with van der Waals surface area (Å²) in [6, 6.07) is 11.4. The lowest BCUT2D eigenvalue weighted by Gasteiger charge is -2.22. The summed E-state index contributed by atoms with van der Waals surface area (Å²) in [6.07, 6.45) is 0. The van der Waals surface area contributed by atoms with E-state index in [-0.39, 0.29) is 12.2 Å². The first-order valence-electron chi connectivity index (χ1n) is 10.0. The summed E-state index contributed by atoms with van der Waals surface area (Å²) in [6.45, 7) is -1.90. The molecule has 11 heteroatoms. The highest BCUT2D eigenvalue weighted by molar-refractivity contribution is 6.74. The van der Waals surface area contributed by atoms with Gasteiger partial charge in [-0.2, -0.15) is 0 Å². The van der Waals surface area contributed by atoms with Gasteiger partial charge in [-0.15, -0.1) is 0 Å². The summed E-state index contributed by atoms with van der Waals surface area (Å²) in [5.41, 5.74) is -1.37. The molecule has 0 saturated carbocycles. The van der Waals surface area contributed by atoms with Crippen LogP contribution in [0.5, 0.6) is 5.75 Å². The van der Waals surface area contributed by atoms with Crippen molar-refractivity contribution in [1.82, 2.24) is 5.32 Å². The van der Waals surface area contributed by atoms with Crippen molar-refractivity contribution in [3.63, 3.8) is 0 Å². The van der Waals surface area contributed by atoms with Crippen LogP contribution < -0.4 is 15.5 Å². The van der Waals surface area contributed by atoms with E-state index >= 15 is 0 Å². The summed E-state index contributed by atoms with van der Waals surface area (Å²) in [5, 5.41) is 2.28. The minimum atomic E-state index is -5.47. The Bertz CT molecular complexity index is 990. The van der Waals surface area contributed by atoms with Crippen LogP contribution in [0.25, 0.3) is 0 Å². The second-order valence-corrected chi connectivity index (χ2v) is 8.03. The number of carbonyl (C=O) groups is 3. The van der Waals surface area contributed by atoms with Crippen LogP contribution in [-0.4, -0.2) is 43.6 Å². The molecule has 0 heterocycles. The molecule has 0 aliphatic carbocycles. The second-order valence-electron chi connectivity index (χ2n) is 8.03. The lowest BCUT2D eigenvalue weighted by molar-refractivity contribution is -0.157. The van der Waals surface area contributed by atoms with E-state index in [1.54, 1.807) is 45.0 Å². The lowest BCUT2D eigenvalue weighted by Crippen LogP contribution is -2.37. The number of esters is 2. The molecule has 0 aromatic heterocycles. The Balaban J connectivity index is 2.01. The van der Waals surface area contributed by atoms with E-state index in [1.807, 2.05) is 6.07 Å². The molecule has 2 aromatic carbocycles. The summed E-state index contributed by atoms with van der Waals surface area (Å²) in [4.78, 5) is 36.0. The number of halogens is 3. The predicted octanol–water partition coefficient (Wildman–Crippen LogP) is 2.93. The van der Waals surface area contributed by atoms with Crippen LogP contribution in [0.2, 0.25) is 0 Å². The van der Waals surface area contributed by atoms with Crippen LogP contribution in [0, 0.1) is 0 Å². The average molecular weight is 466 g/mol.